The standard InChI is InChI=1S/C12H14N2O2/c1-8-7-14(5-4-13)11-3-2-9(12(15)16)6-10(8)11/h2-3,6-7H,4-5,13H2,1H3,(H,15,16). The van der Waals surface area contributed by atoms with Crippen molar-refractivity contribution in [1.29, 1.82) is 0 Å². The lowest BCUT2D eigenvalue weighted by atomic mass is 10.1. The molecule has 1 aromatic carbocycles. The number of hydrogen-bond donors (Lipinski definition) is 2. The first-order chi connectivity index (χ1) is 7.63. The molecule has 0 atom stereocenters. The van der Waals surface area contributed by atoms with Gasteiger partial charge in [-0.25, -0.2) is 4.79 Å². The van der Waals surface area contributed by atoms with Gasteiger partial charge in [-0.2, -0.15) is 0 Å². The first-order valence-electron chi connectivity index (χ1n) is 5.16. The van der Waals surface area contributed by atoms with Gasteiger partial charge in [0.25, 0.3) is 0 Å². The number of nitrogens with zero attached hydrogens (tertiary/aromatic N) is 1. The number of aromatic carboxylic acids is 1. The zero-order valence-electron chi connectivity index (χ0n) is 9.10. The van der Waals surface area contributed by atoms with Crippen molar-refractivity contribution in [3.63, 3.8) is 0 Å². The number of aryl methyl sites for hydroxylation is 1. The van der Waals surface area contributed by atoms with Crippen molar-refractivity contribution in [2.45, 2.75) is 13.5 Å². The summed E-state index contributed by atoms with van der Waals surface area (Å²) < 4.78 is 2.05. The van der Waals surface area contributed by atoms with Crippen LogP contribution in [0.3, 0.4) is 0 Å². The topological polar surface area (TPSA) is 68.2 Å². The summed E-state index contributed by atoms with van der Waals surface area (Å²) >= 11 is 0. The highest BCUT2D eigenvalue weighted by molar-refractivity contribution is 5.94. The molecule has 16 heavy (non-hydrogen) atoms. The summed E-state index contributed by atoms with van der Waals surface area (Å²) in [6.45, 7) is 3.29. The van der Waals surface area contributed by atoms with Gasteiger partial charge in [-0.1, -0.05) is 0 Å². The van der Waals surface area contributed by atoms with Crippen LogP contribution in [0.5, 0.6) is 0 Å². The molecule has 0 radical (unpaired) electrons. The van der Waals surface area contributed by atoms with Crippen LogP contribution in [0.4, 0.5) is 0 Å². The number of nitrogens with two attached hydrogens (primary N) is 1. The number of carboxylic acids is 1. The van der Waals surface area contributed by atoms with Gasteiger partial charge < -0.3 is 15.4 Å². The van der Waals surface area contributed by atoms with Crippen LogP contribution in [0, 0.1) is 6.92 Å². The number of aromatic nitrogens is 1. The fourth-order valence-electron chi connectivity index (χ4n) is 1.93. The summed E-state index contributed by atoms with van der Waals surface area (Å²) in [6.07, 6.45) is 2.00. The van der Waals surface area contributed by atoms with Gasteiger partial charge in [0.2, 0.25) is 0 Å². The van der Waals surface area contributed by atoms with Crippen LogP contribution in [-0.2, 0) is 6.54 Å². The molecule has 84 valence electrons. The maximum atomic E-state index is 10.9. The summed E-state index contributed by atoms with van der Waals surface area (Å²) in [5.41, 5.74) is 7.96. The summed E-state index contributed by atoms with van der Waals surface area (Å²) in [6, 6.07) is 5.17. The molecule has 0 bridgehead atoms. The van der Waals surface area contributed by atoms with Gasteiger partial charge in [0.05, 0.1) is 5.56 Å². The number of hydrogen-bond acceptors (Lipinski definition) is 2. The molecule has 0 aliphatic rings. The quantitative estimate of drug-likeness (QED) is 0.822. The lowest BCUT2D eigenvalue weighted by Crippen LogP contribution is -2.08. The third-order valence-corrected chi connectivity index (χ3v) is 2.70. The molecule has 1 aromatic heterocycles. The predicted octanol–water partition coefficient (Wildman–Crippen LogP) is 1.61. The van der Waals surface area contributed by atoms with E-state index in [2.05, 4.69) is 4.57 Å². The highest BCUT2D eigenvalue weighted by atomic mass is 16.4. The van der Waals surface area contributed by atoms with E-state index >= 15 is 0 Å². The van der Waals surface area contributed by atoms with Crippen LogP contribution in [0.2, 0.25) is 0 Å². The van der Waals surface area contributed by atoms with E-state index in [0.29, 0.717) is 12.1 Å². The van der Waals surface area contributed by atoms with E-state index in [4.69, 9.17) is 10.8 Å². The summed E-state index contributed by atoms with van der Waals surface area (Å²) in [5.74, 6) is -0.895. The van der Waals surface area contributed by atoms with Gasteiger partial charge >= 0.3 is 5.97 Å². The second kappa shape index (κ2) is 3.98. The number of benzene rings is 1. The molecule has 3 N–H and O–H groups in total. The Balaban J connectivity index is 2.61. The lowest BCUT2D eigenvalue weighted by Gasteiger charge is -2.02. The molecule has 0 spiro atoms. The van der Waals surface area contributed by atoms with E-state index in [-0.39, 0.29) is 0 Å². The van der Waals surface area contributed by atoms with E-state index in [1.54, 1.807) is 12.1 Å². The fraction of sp³-hybridized carbons (Fsp3) is 0.250. The minimum Gasteiger partial charge on any atom is -0.478 e. The average molecular weight is 218 g/mol. The minimum atomic E-state index is -0.895. The molecule has 4 heteroatoms. The Hall–Kier alpha value is -1.81. The smallest absolute Gasteiger partial charge is 0.335 e. The molecular formula is C12H14N2O2. The zero-order chi connectivity index (χ0) is 11.7. The molecule has 0 aliphatic heterocycles. The SMILES string of the molecule is Cc1cn(CCN)c2ccc(C(=O)O)cc12. The Morgan fingerprint density at radius 2 is 2.25 bits per heavy atom. The van der Waals surface area contributed by atoms with Crippen molar-refractivity contribution < 1.29 is 9.90 Å². The van der Waals surface area contributed by atoms with Crippen molar-refractivity contribution in [2.24, 2.45) is 5.73 Å². The average Bonchev–Trinajstić information content (AvgIpc) is 2.56. The van der Waals surface area contributed by atoms with E-state index < -0.39 is 5.97 Å². The van der Waals surface area contributed by atoms with Crippen molar-refractivity contribution in [1.82, 2.24) is 4.57 Å². The molecule has 0 amide bonds. The number of carbonyl (C=O) groups is 1. The van der Waals surface area contributed by atoms with Crippen molar-refractivity contribution in [2.75, 3.05) is 6.54 Å². The molecule has 0 fully saturated rings. The second-order valence-corrected chi connectivity index (χ2v) is 3.83. The monoisotopic (exact) mass is 218 g/mol. The Morgan fingerprint density at radius 1 is 1.50 bits per heavy atom. The summed E-state index contributed by atoms with van der Waals surface area (Å²) in [4.78, 5) is 10.9. The highest BCUT2D eigenvalue weighted by Crippen LogP contribution is 2.22. The van der Waals surface area contributed by atoms with Gasteiger partial charge in [0.15, 0.2) is 0 Å². The first kappa shape index (κ1) is 10.7. The molecule has 2 aromatic rings. The highest BCUT2D eigenvalue weighted by Gasteiger charge is 2.08. The largest absolute Gasteiger partial charge is 0.478 e. The van der Waals surface area contributed by atoms with Gasteiger partial charge in [0.1, 0.15) is 0 Å². The molecule has 0 saturated carbocycles. The fourth-order valence-corrected chi connectivity index (χ4v) is 1.93. The third-order valence-electron chi connectivity index (χ3n) is 2.70. The molecule has 0 saturated heterocycles. The van der Waals surface area contributed by atoms with Crippen LogP contribution in [0.1, 0.15) is 15.9 Å². The predicted molar refractivity (Wildman–Crippen MR) is 62.7 cm³/mol. The number of rotatable bonds is 3. The third kappa shape index (κ3) is 1.67. The van der Waals surface area contributed by atoms with Crippen molar-refractivity contribution in [3.05, 3.63) is 35.5 Å². The van der Waals surface area contributed by atoms with Crippen LogP contribution >= 0.6 is 0 Å². The first-order valence-corrected chi connectivity index (χ1v) is 5.16. The molecule has 1 heterocycles. The summed E-state index contributed by atoms with van der Waals surface area (Å²) in [7, 11) is 0. The van der Waals surface area contributed by atoms with E-state index in [1.807, 2.05) is 19.2 Å². The molecule has 4 nitrogen and oxygen atoms in total. The van der Waals surface area contributed by atoms with Crippen molar-refractivity contribution in [3.8, 4) is 0 Å². The molecular weight excluding hydrogens is 204 g/mol. The molecule has 0 aliphatic carbocycles. The van der Waals surface area contributed by atoms with Crippen LogP contribution in [0.15, 0.2) is 24.4 Å². The second-order valence-electron chi connectivity index (χ2n) is 3.83. The van der Waals surface area contributed by atoms with Gasteiger partial charge in [-0.15, -0.1) is 0 Å². The number of fused-ring (bicyclic) bond motifs is 1. The lowest BCUT2D eigenvalue weighted by molar-refractivity contribution is 0.0697. The van der Waals surface area contributed by atoms with E-state index in [1.165, 1.54) is 0 Å². The van der Waals surface area contributed by atoms with E-state index in [9.17, 15) is 4.79 Å². The number of carboxylic acid groups (broad SMARTS) is 1. The Labute approximate surface area is 93.3 Å². The summed E-state index contributed by atoms with van der Waals surface area (Å²) in [5, 5.41) is 9.90. The molecule has 2 rings (SSSR count). The zero-order valence-corrected chi connectivity index (χ0v) is 9.10. The minimum absolute atomic E-state index is 0.320. The molecule has 0 unspecified atom stereocenters. The van der Waals surface area contributed by atoms with Gasteiger partial charge in [-0.3, -0.25) is 0 Å². The Kier molecular flexibility index (Phi) is 2.66. The van der Waals surface area contributed by atoms with Crippen LogP contribution in [0.25, 0.3) is 10.9 Å². The van der Waals surface area contributed by atoms with Crippen molar-refractivity contribution >= 4 is 16.9 Å². The Morgan fingerprint density at radius 3 is 2.88 bits per heavy atom. The van der Waals surface area contributed by atoms with Gasteiger partial charge in [0, 0.05) is 30.2 Å². The van der Waals surface area contributed by atoms with Gasteiger partial charge in [-0.05, 0) is 30.7 Å². The van der Waals surface area contributed by atoms with Crippen LogP contribution in [-0.4, -0.2) is 22.2 Å². The van der Waals surface area contributed by atoms with Crippen LogP contribution < -0.4 is 5.73 Å². The maximum absolute atomic E-state index is 10.9. The normalized spacial score (nSPS) is 10.9. The van der Waals surface area contributed by atoms with E-state index in [0.717, 1.165) is 23.0 Å². The maximum Gasteiger partial charge on any atom is 0.335 e. The Bertz CT molecular complexity index is 543.